The molecule has 1 N–H and O–H groups in total. The minimum absolute atomic E-state index is 0.658. The van der Waals surface area contributed by atoms with Crippen LogP contribution in [-0.4, -0.2) is 23.0 Å². The number of aromatic nitrogens is 1. The highest BCUT2D eigenvalue weighted by molar-refractivity contribution is 8.13. The van der Waals surface area contributed by atoms with Crippen molar-refractivity contribution in [2.45, 2.75) is 13.3 Å². The summed E-state index contributed by atoms with van der Waals surface area (Å²) in [6.07, 6.45) is 4.57. The van der Waals surface area contributed by atoms with Gasteiger partial charge in [-0.05, 0) is 13.2 Å². The minimum atomic E-state index is 0.658. The predicted molar refractivity (Wildman–Crippen MR) is 65.1 cm³/mol. The number of nitrogens with one attached hydrogen (secondary N) is 1. The van der Waals surface area contributed by atoms with Gasteiger partial charge in [0.05, 0.1) is 5.01 Å². The van der Waals surface area contributed by atoms with Gasteiger partial charge in [0, 0.05) is 24.0 Å². The third kappa shape index (κ3) is 4.32. The number of nitrogens with zero attached hydrogens (tertiary/aromatic N) is 3. The topological polar surface area (TPSA) is 61.1 Å². The van der Waals surface area contributed by atoms with Gasteiger partial charge in [-0.2, -0.15) is 5.26 Å². The Morgan fingerprint density at radius 3 is 3.13 bits per heavy atom. The minimum Gasteiger partial charge on any atom is -0.272 e. The maximum atomic E-state index is 8.42. The van der Waals surface area contributed by atoms with Gasteiger partial charge in [-0.3, -0.25) is 10.3 Å². The van der Waals surface area contributed by atoms with E-state index in [2.05, 4.69) is 15.3 Å². The Labute approximate surface area is 97.4 Å². The molecule has 0 atom stereocenters. The van der Waals surface area contributed by atoms with Crippen LogP contribution in [-0.2, 0) is 6.42 Å². The Balaban J connectivity index is 2.40. The lowest BCUT2D eigenvalue weighted by molar-refractivity contribution is 0.942. The summed E-state index contributed by atoms with van der Waals surface area (Å²) in [7, 11) is 0. The SMILES string of the molecule is CSC(=NCCc1nc(C)cs1)NC#N. The van der Waals surface area contributed by atoms with Gasteiger partial charge in [-0.1, -0.05) is 11.8 Å². The number of amidine groups is 1. The summed E-state index contributed by atoms with van der Waals surface area (Å²) in [6, 6.07) is 0. The molecular formula is C9H12N4S2. The van der Waals surface area contributed by atoms with E-state index in [4.69, 9.17) is 5.26 Å². The molecule has 15 heavy (non-hydrogen) atoms. The predicted octanol–water partition coefficient (Wildman–Crippen LogP) is 1.78. The zero-order chi connectivity index (χ0) is 11.1. The largest absolute Gasteiger partial charge is 0.272 e. The molecule has 0 saturated carbocycles. The molecule has 0 fully saturated rings. The van der Waals surface area contributed by atoms with Gasteiger partial charge in [-0.15, -0.1) is 11.3 Å². The number of nitriles is 1. The van der Waals surface area contributed by atoms with E-state index < -0.39 is 0 Å². The second-order valence-corrected chi connectivity index (χ2v) is 4.50. The molecule has 0 amide bonds. The molecule has 80 valence electrons. The van der Waals surface area contributed by atoms with E-state index in [-0.39, 0.29) is 0 Å². The van der Waals surface area contributed by atoms with Crippen LogP contribution in [0.15, 0.2) is 10.4 Å². The van der Waals surface area contributed by atoms with Crippen LogP contribution in [0.2, 0.25) is 0 Å². The number of rotatable bonds is 3. The molecular weight excluding hydrogens is 228 g/mol. The Kier molecular flexibility index (Phi) is 5.15. The lowest BCUT2D eigenvalue weighted by Gasteiger charge is -1.98. The van der Waals surface area contributed by atoms with Crippen LogP contribution in [0.4, 0.5) is 0 Å². The lowest BCUT2D eigenvalue weighted by Crippen LogP contribution is -2.13. The van der Waals surface area contributed by atoms with Crippen molar-refractivity contribution in [3.8, 4) is 6.19 Å². The van der Waals surface area contributed by atoms with E-state index in [1.807, 2.05) is 24.8 Å². The molecule has 0 bridgehead atoms. The summed E-state index contributed by atoms with van der Waals surface area (Å²) in [4.78, 5) is 8.59. The smallest absolute Gasteiger partial charge is 0.183 e. The summed E-state index contributed by atoms with van der Waals surface area (Å²) in [5, 5.41) is 14.7. The molecule has 0 aliphatic rings. The third-order valence-electron chi connectivity index (χ3n) is 1.60. The quantitative estimate of drug-likeness (QED) is 0.379. The fourth-order valence-corrected chi connectivity index (χ4v) is 2.11. The van der Waals surface area contributed by atoms with E-state index in [0.29, 0.717) is 11.7 Å². The molecule has 0 spiro atoms. The van der Waals surface area contributed by atoms with Gasteiger partial charge in [0.2, 0.25) is 0 Å². The molecule has 0 saturated heterocycles. The van der Waals surface area contributed by atoms with Gasteiger partial charge >= 0.3 is 0 Å². The van der Waals surface area contributed by atoms with Crippen LogP contribution in [0.1, 0.15) is 10.7 Å². The molecule has 6 heteroatoms. The van der Waals surface area contributed by atoms with Gasteiger partial charge in [0.1, 0.15) is 0 Å². The number of aryl methyl sites for hydroxylation is 1. The average Bonchev–Trinajstić information content (AvgIpc) is 2.63. The van der Waals surface area contributed by atoms with E-state index in [1.54, 1.807) is 11.3 Å². The average molecular weight is 240 g/mol. The summed E-state index contributed by atoms with van der Waals surface area (Å²) < 4.78 is 0. The highest BCUT2D eigenvalue weighted by Gasteiger charge is 1.98. The van der Waals surface area contributed by atoms with Crippen LogP contribution in [0.3, 0.4) is 0 Å². The van der Waals surface area contributed by atoms with Crippen LogP contribution < -0.4 is 5.32 Å². The van der Waals surface area contributed by atoms with Crippen LogP contribution in [0, 0.1) is 18.4 Å². The van der Waals surface area contributed by atoms with Crippen molar-refractivity contribution in [3.63, 3.8) is 0 Å². The zero-order valence-electron chi connectivity index (χ0n) is 8.65. The molecule has 0 unspecified atom stereocenters. The molecule has 0 aliphatic heterocycles. The van der Waals surface area contributed by atoms with E-state index >= 15 is 0 Å². The van der Waals surface area contributed by atoms with Gasteiger partial charge < -0.3 is 0 Å². The van der Waals surface area contributed by atoms with Crippen molar-refractivity contribution in [2.75, 3.05) is 12.8 Å². The van der Waals surface area contributed by atoms with E-state index in [9.17, 15) is 0 Å². The summed E-state index contributed by atoms with van der Waals surface area (Å²) in [5.74, 6) is 0. The van der Waals surface area contributed by atoms with E-state index in [1.165, 1.54) is 11.8 Å². The number of aliphatic imine (C=N–C) groups is 1. The molecule has 1 rings (SSSR count). The van der Waals surface area contributed by atoms with Gasteiger partial charge in [-0.25, -0.2) is 4.98 Å². The highest BCUT2D eigenvalue weighted by Crippen LogP contribution is 2.09. The van der Waals surface area contributed by atoms with Gasteiger partial charge in [0.25, 0.3) is 0 Å². The lowest BCUT2D eigenvalue weighted by atomic mass is 10.4. The fraction of sp³-hybridized carbons (Fsp3) is 0.444. The number of thiazole rings is 1. The normalized spacial score (nSPS) is 11.1. The Hall–Kier alpha value is -1.06. The maximum absolute atomic E-state index is 8.42. The third-order valence-corrected chi connectivity index (χ3v) is 3.25. The molecule has 1 aromatic heterocycles. The van der Waals surface area contributed by atoms with Crippen LogP contribution >= 0.6 is 23.1 Å². The Morgan fingerprint density at radius 1 is 1.80 bits per heavy atom. The second-order valence-electron chi connectivity index (χ2n) is 2.76. The molecule has 0 aromatic carbocycles. The van der Waals surface area contributed by atoms with Crippen molar-refractivity contribution >= 4 is 28.3 Å². The zero-order valence-corrected chi connectivity index (χ0v) is 10.3. The summed E-state index contributed by atoms with van der Waals surface area (Å²) in [5.41, 5.74) is 1.05. The van der Waals surface area contributed by atoms with Crippen molar-refractivity contribution in [3.05, 3.63) is 16.1 Å². The summed E-state index contributed by atoms with van der Waals surface area (Å²) in [6.45, 7) is 2.64. The standard InChI is InChI=1S/C9H12N4S2/c1-7-5-15-8(13-7)3-4-11-9(14-2)12-6-10/h5H,3-4H2,1-2H3,(H,11,12). The molecule has 4 nitrogen and oxygen atoms in total. The van der Waals surface area contributed by atoms with Crippen molar-refractivity contribution in [2.24, 2.45) is 4.99 Å². The molecule has 0 aliphatic carbocycles. The number of hydrogen-bond donors (Lipinski definition) is 1. The van der Waals surface area contributed by atoms with Crippen LogP contribution in [0.5, 0.6) is 0 Å². The first-order valence-electron chi connectivity index (χ1n) is 4.41. The van der Waals surface area contributed by atoms with Crippen molar-refractivity contribution in [1.82, 2.24) is 10.3 Å². The number of hydrogen-bond acceptors (Lipinski definition) is 5. The highest BCUT2D eigenvalue weighted by atomic mass is 32.2. The molecule has 1 aromatic rings. The maximum Gasteiger partial charge on any atom is 0.183 e. The van der Waals surface area contributed by atoms with Crippen molar-refractivity contribution < 1.29 is 0 Å². The Bertz CT molecular complexity index is 378. The number of thioether (sulfide) groups is 1. The Morgan fingerprint density at radius 2 is 2.60 bits per heavy atom. The fourth-order valence-electron chi connectivity index (χ4n) is 0.974. The van der Waals surface area contributed by atoms with E-state index in [0.717, 1.165) is 17.1 Å². The van der Waals surface area contributed by atoms with Crippen molar-refractivity contribution in [1.29, 1.82) is 5.26 Å². The van der Waals surface area contributed by atoms with Gasteiger partial charge in [0.15, 0.2) is 11.4 Å². The van der Waals surface area contributed by atoms with Crippen LogP contribution in [0.25, 0.3) is 0 Å². The first kappa shape index (κ1) is 12.0. The first-order chi connectivity index (χ1) is 7.26. The first-order valence-corrected chi connectivity index (χ1v) is 6.51. The summed E-state index contributed by atoms with van der Waals surface area (Å²) >= 11 is 3.08. The molecule has 1 heterocycles. The monoisotopic (exact) mass is 240 g/mol. The second kappa shape index (κ2) is 6.43. The molecule has 0 radical (unpaired) electrons.